The number of fused-ring (bicyclic) bond motifs is 14. The van der Waals surface area contributed by atoms with Gasteiger partial charge in [-0.05, 0) is 116 Å². The zero-order valence-electron chi connectivity index (χ0n) is 35.8. The molecule has 0 radical (unpaired) electrons. The summed E-state index contributed by atoms with van der Waals surface area (Å²) in [7, 11) is 0. The smallest absolute Gasteiger partial charge is 0.0747 e. The summed E-state index contributed by atoms with van der Waals surface area (Å²) >= 11 is 0. The standard InChI is InChI=1S/C62H44N2/c1-61(2)51-34-17-14-30-46(51)48-33-20-39-56(58(48)61)64(44-27-10-5-11-28-44)60-45-29-13-12-22-41(45)40-50-47-31-15-18-35-52(47)62(59(50)60)53-36-19-16-32-49(53)57-54(62)37-21-38-55(57)63(42-23-6-3-7-24-42)43-25-8-4-9-26-43/h3-40H,1-2H3. The molecule has 1 unspecified atom stereocenters. The number of para-hydroxylation sites is 3. The highest BCUT2D eigenvalue weighted by Crippen LogP contribution is 2.68. The maximum absolute atomic E-state index is 2.63. The second-order valence-electron chi connectivity index (χ2n) is 18.0. The Bertz CT molecular complexity index is 3440. The Labute approximate surface area is 375 Å². The summed E-state index contributed by atoms with van der Waals surface area (Å²) in [5.74, 6) is 0. The van der Waals surface area contributed by atoms with E-state index in [1.54, 1.807) is 0 Å². The fourth-order valence-electron chi connectivity index (χ4n) is 11.9. The Kier molecular flexibility index (Phi) is 7.90. The van der Waals surface area contributed by atoms with E-state index in [2.05, 4.69) is 254 Å². The van der Waals surface area contributed by atoms with Gasteiger partial charge in [0.25, 0.3) is 0 Å². The Morgan fingerprint density at radius 2 is 0.797 bits per heavy atom. The second-order valence-corrected chi connectivity index (χ2v) is 18.0. The van der Waals surface area contributed by atoms with Gasteiger partial charge in [-0.1, -0.05) is 190 Å². The molecule has 2 heteroatoms. The van der Waals surface area contributed by atoms with Gasteiger partial charge in [-0.2, -0.15) is 0 Å². The largest absolute Gasteiger partial charge is 0.310 e. The van der Waals surface area contributed by atoms with Gasteiger partial charge in [0.1, 0.15) is 0 Å². The highest BCUT2D eigenvalue weighted by Gasteiger charge is 2.55. The summed E-state index contributed by atoms with van der Waals surface area (Å²) in [4.78, 5) is 5.08. The Morgan fingerprint density at radius 3 is 1.47 bits per heavy atom. The molecular weight excluding hydrogens is 773 g/mol. The lowest BCUT2D eigenvalue weighted by Gasteiger charge is -2.38. The SMILES string of the molecule is CC1(C)c2ccccc2-c2cccc(N(c3ccccc3)c3c4c(cc5ccccc35)-c3ccccc3C43c4ccccc4-c4c(N(c5ccccc5)c5ccccc5)cccc43)c21. The normalized spacial score (nSPS) is 15.5. The molecule has 0 saturated carbocycles. The van der Waals surface area contributed by atoms with E-state index in [-0.39, 0.29) is 5.41 Å². The first-order valence-corrected chi connectivity index (χ1v) is 22.4. The van der Waals surface area contributed by atoms with Crippen molar-refractivity contribution in [2.24, 2.45) is 0 Å². The Hall–Kier alpha value is -7.94. The third kappa shape index (κ3) is 4.91. The molecule has 3 aliphatic rings. The minimum Gasteiger partial charge on any atom is -0.310 e. The maximum Gasteiger partial charge on any atom is 0.0747 e. The predicted molar refractivity (Wildman–Crippen MR) is 267 cm³/mol. The number of hydrogen-bond donors (Lipinski definition) is 0. The lowest BCUT2D eigenvalue weighted by molar-refractivity contribution is 0.660. The van der Waals surface area contributed by atoms with Gasteiger partial charge in [0.15, 0.2) is 0 Å². The Morgan fingerprint density at radius 1 is 0.328 bits per heavy atom. The van der Waals surface area contributed by atoms with Crippen LogP contribution in [0.4, 0.5) is 34.1 Å². The lowest BCUT2D eigenvalue weighted by atomic mass is 9.69. The number of nitrogens with zero attached hydrogens (tertiary/aromatic N) is 2. The van der Waals surface area contributed by atoms with Crippen molar-refractivity contribution in [3.8, 4) is 33.4 Å². The summed E-state index contributed by atoms with van der Waals surface area (Å²) in [5, 5.41) is 2.44. The fourth-order valence-corrected chi connectivity index (χ4v) is 11.9. The van der Waals surface area contributed by atoms with Crippen LogP contribution in [0.15, 0.2) is 231 Å². The molecule has 0 bridgehead atoms. The van der Waals surface area contributed by atoms with Gasteiger partial charge in [0.2, 0.25) is 0 Å². The summed E-state index contributed by atoms with van der Waals surface area (Å²) in [6.45, 7) is 4.82. The summed E-state index contributed by atoms with van der Waals surface area (Å²) in [5.41, 5.74) is 21.7. The van der Waals surface area contributed by atoms with E-state index < -0.39 is 5.41 Å². The van der Waals surface area contributed by atoms with Gasteiger partial charge in [-0.25, -0.2) is 0 Å². The molecule has 10 aromatic rings. The average Bonchev–Trinajstić information content (AvgIpc) is 3.91. The van der Waals surface area contributed by atoms with Crippen molar-refractivity contribution in [1.82, 2.24) is 0 Å². The van der Waals surface area contributed by atoms with Crippen molar-refractivity contribution in [3.63, 3.8) is 0 Å². The van der Waals surface area contributed by atoms with Crippen molar-refractivity contribution in [1.29, 1.82) is 0 Å². The quantitative estimate of drug-likeness (QED) is 0.165. The summed E-state index contributed by atoms with van der Waals surface area (Å²) in [6, 6.07) is 85.8. The number of anilines is 6. The molecular formula is C62H44N2. The molecule has 3 aliphatic carbocycles. The lowest BCUT2D eigenvalue weighted by Crippen LogP contribution is -2.29. The molecule has 64 heavy (non-hydrogen) atoms. The number of rotatable bonds is 6. The monoisotopic (exact) mass is 816 g/mol. The first-order valence-electron chi connectivity index (χ1n) is 22.4. The van der Waals surface area contributed by atoms with Crippen LogP contribution in [0.25, 0.3) is 44.2 Å². The molecule has 1 spiro atoms. The molecule has 1 atom stereocenters. The minimum absolute atomic E-state index is 0.246. The molecule has 2 nitrogen and oxygen atoms in total. The van der Waals surface area contributed by atoms with Crippen molar-refractivity contribution in [2.75, 3.05) is 9.80 Å². The van der Waals surface area contributed by atoms with E-state index in [4.69, 9.17) is 0 Å². The molecule has 0 saturated heterocycles. The average molecular weight is 817 g/mol. The molecule has 302 valence electrons. The zero-order valence-corrected chi connectivity index (χ0v) is 35.8. The maximum atomic E-state index is 2.63. The van der Waals surface area contributed by atoms with E-state index in [0.29, 0.717) is 0 Å². The van der Waals surface area contributed by atoms with Crippen molar-refractivity contribution >= 4 is 44.9 Å². The van der Waals surface area contributed by atoms with Crippen LogP contribution < -0.4 is 9.80 Å². The molecule has 0 fully saturated rings. The third-order valence-corrected chi connectivity index (χ3v) is 14.4. The van der Waals surface area contributed by atoms with Crippen LogP contribution in [0.5, 0.6) is 0 Å². The van der Waals surface area contributed by atoms with Gasteiger partial charge in [-0.15, -0.1) is 0 Å². The minimum atomic E-state index is -0.657. The molecule has 0 N–H and O–H groups in total. The van der Waals surface area contributed by atoms with Crippen LogP contribution in [0, 0.1) is 0 Å². The summed E-state index contributed by atoms with van der Waals surface area (Å²) in [6.07, 6.45) is 0. The molecule has 0 amide bonds. The van der Waals surface area contributed by atoms with Crippen molar-refractivity contribution in [2.45, 2.75) is 24.7 Å². The van der Waals surface area contributed by atoms with Crippen molar-refractivity contribution in [3.05, 3.63) is 264 Å². The van der Waals surface area contributed by atoms with Crippen LogP contribution in [0.1, 0.15) is 47.2 Å². The topological polar surface area (TPSA) is 6.48 Å². The number of benzene rings is 10. The third-order valence-electron chi connectivity index (χ3n) is 14.4. The second kappa shape index (κ2) is 13.8. The molecule has 0 aromatic heterocycles. The van der Waals surface area contributed by atoms with Crippen LogP contribution in [0.2, 0.25) is 0 Å². The zero-order chi connectivity index (χ0) is 42.6. The molecule has 0 aliphatic heterocycles. The predicted octanol–water partition coefficient (Wildman–Crippen LogP) is 16.4. The Balaban J connectivity index is 1.19. The van der Waals surface area contributed by atoms with Gasteiger partial charge in [0.05, 0.1) is 22.5 Å². The van der Waals surface area contributed by atoms with Gasteiger partial charge < -0.3 is 9.80 Å². The highest BCUT2D eigenvalue weighted by atomic mass is 15.2. The summed E-state index contributed by atoms with van der Waals surface area (Å²) < 4.78 is 0. The molecule has 13 rings (SSSR count). The fraction of sp³-hybridized carbons (Fsp3) is 0.0645. The molecule has 10 aromatic carbocycles. The van der Waals surface area contributed by atoms with Crippen molar-refractivity contribution < 1.29 is 0 Å². The van der Waals surface area contributed by atoms with Gasteiger partial charge >= 0.3 is 0 Å². The van der Waals surface area contributed by atoms with E-state index >= 15 is 0 Å². The van der Waals surface area contributed by atoms with Crippen LogP contribution in [0.3, 0.4) is 0 Å². The first kappa shape index (κ1) is 36.7. The van der Waals surface area contributed by atoms with E-state index in [1.165, 1.54) is 88.9 Å². The first-order chi connectivity index (χ1) is 31.6. The van der Waals surface area contributed by atoms with Crippen LogP contribution >= 0.6 is 0 Å². The van der Waals surface area contributed by atoms with E-state index in [1.807, 2.05) is 0 Å². The van der Waals surface area contributed by atoms with Gasteiger partial charge in [-0.3, -0.25) is 0 Å². The van der Waals surface area contributed by atoms with E-state index in [0.717, 1.165) is 22.7 Å². The molecule has 0 heterocycles. The van der Waals surface area contributed by atoms with Gasteiger partial charge in [0, 0.05) is 39.0 Å². The van der Waals surface area contributed by atoms with Crippen LogP contribution in [-0.4, -0.2) is 0 Å². The van der Waals surface area contributed by atoms with Crippen LogP contribution in [-0.2, 0) is 10.8 Å². The number of hydrogen-bond acceptors (Lipinski definition) is 2. The van der Waals surface area contributed by atoms with E-state index in [9.17, 15) is 0 Å². The highest BCUT2D eigenvalue weighted by molar-refractivity contribution is 6.11.